The number of rotatable bonds is 2. The van der Waals surface area contributed by atoms with Crippen LogP contribution in [0.2, 0.25) is 0 Å². The van der Waals surface area contributed by atoms with Crippen molar-refractivity contribution in [1.82, 2.24) is 4.90 Å². The van der Waals surface area contributed by atoms with Gasteiger partial charge in [0.05, 0.1) is 0 Å². The van der Waals surface area contributed by atoms with Crippen LogP contribution in [0.1, 0.15) is 13.3 Å². The molecule has 42 valence electrons. The second kappa shape index (κ2) is 2.67. The van der Waals surface area contributed by atoms with Crippen LogP contribution < -0.4 is 0 Å². The van der Waals surface area contributed by atoms with Gasteiger partial charge in [-0.15, -0.1) is 0 Å². The molecule has 0 saturated carbocycles. The molecule has 0 aliphatic carbocycles. The summed E-state index contributed by atoms with van der Waals surface area (Å²) in [5.41, 5.74) is 1.18. The SMILES string of the molecule is C=C(CC)N(C)C. The second-order valence-corrected chi connectivity index (χ2v) is 1.81. The first-order valence-corrected chi connectivity index (χ1v) is 2.53. The Hall–Kier alpha value is -0.460. The Balaban J connectivity index is 3.35. The van der Waals surface area contributed by atoms with Gasteiger partial charge in [-0.05, 0) is 6.42 Å². The van der Waals surface area contributed by atoms with E-state index in [0.29, 0.717) is 0 Å². The topological polar surface area (TPSA) is 3.24 Å². The van der Waals surface area contributed by atoms with E-state index in [1.54, 1.807) is 0 Å². The van der Waals surface area contributed by atoms with E-state index < -0.39 is 0 Å². The lowest BCUT2D eigenvalue weighted by molar-refractivity contribution is 0.497. The highest BCUT2D eigenvalue weighted by Gasteiger charge is 1.86. The lowest BCUT2D eigenvalue weighted by Crippen LogP contribution is -2.08. The van der Waals surface area contributed by atoms with Gasteiger partial charge in [0.2, 0.25) is 0 Å². The van der Waals surface area contributed by atoms with Crippen molar-refractivity contribution in [1.29, 1.82) is 0 Å². The Morgan fingerprint density at radius 3 is 2.00 bits per heavy atom. The van der Waals surface area contributed by atoms with Crippen LogP contribution in [0.4, 0.5) is 0 Å². The zero-order chi connectivity index (χ0) is 5.86. The molecule has 0 aromatic carbocycles. The van der Waals surface area contributed by atoms with Crippen molar-refractivity contribution in [2.75, 3.05) is 14.1 Å². The molecular formula is C6H13N. The first kappa shape index (κ1) is 6.54. The number of hydrogen-bond donors (Lipinski definition) is 0. The van der Waals surface area contributed by atoms with Gasteiger partial charge in [-0.2, -0.15) is 0 Å². The highest BCUT2D eigenvalue weighted by Crippen LogP contribution is 1.96. The summed E-state index contributed by atoms with van der Waals surface area (Å²) in [6, 6.07) is 0. The van der Waals surface area contributed by atoms with E-state index in [-0.39, 0.29) is 0 Å². The van der Waals surface area contributed by atoms with Crippen molar-refractivity contribution < 1.29 is 0 Å². The summed E-state index contributed by atoms with van der Waals surface area (Å²) in [6.45, 7) is 5.90. The minimum absolute atomic E-state index is 1.05. The monoisotopic (exact) mass is 99.1 g/mol. The molecule has 0 N–H and O–H groups in total. The Kier molecular flexibility index (Phi) is 2.49. The minimum atomic E-state index is 1.05. The third-order valence-corrected chi connectivity index (χ3v) is 1.04. The molecule has 0 radical (unpaired) electrons. The number of allylic oxidation sites excluding steroid dienone is 1. The molecule has 0 bridgehead atoms. The van der Waals surface area contributed by atoms with Crippen LogP contribution >= 0.6 is 0 Å². The van der Waals surface area contributed by atoms with Gasteiger partial charge in [0.15, 0.2) is 0 Å². The van der Waals surface area contributed by atoms with E-state index in [9.17, 15) is 0 Å². The summed E-state index contributed by atoms with van der Waals surface area (Å²) in [5.74, 6) is 0. The second-order valence-electron chi connectivity index (χ2n) is 1.81. The molecule has 1 nitrogen and oxygen atoms in total. The summed E-state index contributed by atoms with van der Waals surface area (Å²) < 4.78 is 0. The first-order valence-electron chi connectivity index (χ1n) is 2.53. The normalized spacial score (nSPS) is 8.43. The summed E-state index contributed by atoms with van der Waals surface area (Å²) >= 11 is 0. The Bertz CT molecular complexity index is 64.6. The van der Waals surface area contributed by atoms with Crippen molar-refractivity contribution in [2.45, 2.75) is 13.3 Å². The van der Waals surface area contributed by atoms with Crippen molar-refractivity contribution in [3.05, 3.63) is 12.3 Å². The molecule has 0 aliphatic rings. The smallest absolute Gasteiger partial charge is 0.00579 e. The lowest BCUT2D eigenvalue weighted by atomic mass is 10.4. The molecular weight excluding hydrogens is 86.1 g/mol. The van der Waals surface area contributed by atoms with Crippen molar-refractivity contribution in [3.8, 4) is 0 Å². The van der Waals surface area contributed by atoms with Gasteiger partial charge < -0.3 is 4.90 Å². The highest BCUT2D eigenvalue weighted by molar-refractivity contribution is 4.88. The molecule has 0 spiro atoms. The Labute approximate surface area is 45.6 Å². The molecule has 0 atom stereocenters. The Morgan fingerprint density at radius 1 is 1.57 bits per heavy atom. The van der Waals surface area contributed by atoms with Crippen LogP contribution in [0.3, 0.4) is 0 Å². The van der Waals surface area contributed by atoms with Crippen molar-refractivity contribution >= 4 is 0 Å². The van der Waals surface area contributed by atoms with Gasteiger partial charge in [-0.3, -0.25) is 0 Å². The molecule has 0 aromatic rings. The van der Waals surface area contributed by atoms with Gasteiger partial charge in [0.25, 0.3) is 0 Å². The van der Waals surface area contributed by atoms with E-state index in [1.165, 1.54) is 5.70 Å². The van der Waals surface area contributed by atoms with Crippen LogP contribution in [0, 0.1) is 0 Å². The zero-order valence-electron chi connectivity index (χ0n) is 5.36. The minimum Gasteiger partial charge on any atom is -0.381 e. The van der Waals surface area contributed by atoms with E-state index in [2.05, 4.69) is 13.5 Å². The van der Waals surface area contributed by atoms with Gasteiger partial charge in [0, 0.05) is 19.8 Å². The number of nitrogens with zero attached hydrogens (tertiary/aromatic N) is 1. The predicted octanol–water partition coefficient (Wildman–Crippen LogP) is 1.47. The molecule has 0 heterocycles. The van der Waals surface area contributed by atoms with Crippen LogP contribution in [-0.4, -0.2) is 19.0 Å². The fourth-order valence-electron chi connectivity index (χ4n) is 0.316. The van der Waals surface area contributed by atoms with Gasteiger partial charge in [0.1, 0.15) is 0 Å². The zero-order valence-corrected chi connectivity index (χ0v) is 5.36. The maximum absolute atomic E-state index is 3.80. The average molecular weight is 99.2 g/mol. The van der Waals surface area contributed by atoms with Crippen molar-refractivity contribution in [2.24, 2.45) is 0 Å². The quantitative estimate of drug-likeness (QED) is 0.506. The predicted molar refractivity (Wildman–Crippen MR) is 33.1 cm³/mol. The van der Waals surface area contributed by atoms with Crippen LogP contribution in [-0.2, 0) is 0 Å². The van der Waals surface area contributed by atoms with Crippen molar-refractivity contribution in [3.63, 3.8) is 0 Å². The fourth-order valence-corrected chi connectivity index (χ4v) is 0.316. The molecule has 0 amide bonds. The maximum Gasteiger partial charge on any atom is 0.00579 e. The lowest BCUT2D eigenvalue weighted by Gasteiger charge is -2.12. The number of hydrogen-bond acceptors (Lipinski definition) is 1. The summed E-state index contributed by atoms with van der Waals surface area (Å²) in [5, 5.41) is 0. The van der Waals surface area contributed by atoms with Gasteiger partial charge in [-0.1, -0.05) is 13.5 Å². The third kappa shape index (κ3) is 2.26. The molecule has 0 rings (SSSR count). The van der Waals surface area contributed by atoms with Crippen LogP contribution in [0.15, 0.2) is 12.3 Å². The van der Waals surface area contributed by atoms with Gasteiger partial charge >= 0.3 is 0 Å². The standard InChI is InChI=1S/C6H13N/c1-5-6(2)7(3)4/h2,5H2,1,3-4H3. The highest BCUT2D eigenvalue weighted by atomic mass is 15.1. The average Bonchev–Trinajstić information content (AvgIpc) is 1.65. The molecule has 1 heteroatoms. The van der Waals surface area contributed by atoms with Gasteiger partial charge in [-0.25, -0.2) is 0 Å². The first-order chi connectivity index (χ1) is 3.18. The molecule has 7 heavy (non-hydrogen) atoms. The van der Waals surface area contributed by atoms with Crippen LogP contribution in [0.5, 0.6) is 0 Å². The summed E-state index contributed by atoms with van der Waals surface area (Å²) in [7, 11) is 4.01. The molecule has 0 saturated heterocycles. The Morgan fingerprint density at radius 2 is 2.00 bits per heavy atom. The summed E-state index contributed by atoms with van der Waals surface area (Å²) in [6.07, 6.45) is 1.05. The molecule has 0 unspecified atom stereocenters. The van der Waals surface area contributed by atoms with E-state index in [1.807, 2.05) is 19.0 Å². The summed E-state index contributed by atoms with van der Waals surface area (Å²) in [4.78, 5) is 2.03. The third-order valence-electron chi connectivity index (χ3n) is 1.04. The fraction of sp³-hybridized carbons (Fsp3) is 0.667. The van der Waals surface area contributed by atoms with Crippen LogP contribution in [0.25, 0.3) is 0 Å². The molecule has 0 fully saturated rings. The van der Waals surface area contributed by atoms with E-state index >= 15 is 0 Å². The van der Waals surface area contributed by atoms with E-state index in [4.69, 9.17) is 0 Å². The largest absolute Gasteiger partial charge is 0.381 e. The molecule has 0 aromatic heterocycles. The maximum atomic E-state index is 3.80. The molecule has 0 aliphatic heterocycles. The van der Waals surface area contributed by atoms with E-state index in [0.717, 1.165) is 6.42 Å².